The molecule has 0 amide bonds. The third-order valence-electron chi connectivity index (χ3n) is 3.14. The summed E-state index contributed by atoms with van der Waals surface area (Å²) in [6, 6.07) is 4.60. The Kier molecular flexibility index (Phi) is 4.02. The minimum Gasteiger partial charge on any atom is -0.465 e. The molecule has 0 bridgehead atoms. The van der Waals surface area contributed by atoms with Crippen molar-refractivity contribution in [1.82, 2.24) is 5.32 Å². The molecule has 1 unspecified atom stereocenters. The summed E-state index contributed by atoms with van der Waals surface area (Å²) in [5, 5.41) is 3.52. The molecule has 90 valence electrons. The maximum Gasteiger partial charge on any atom is 0.117 e. The first-order chi connectivity index (χ1) is 7.83. The van der Waals surface area contributed by atoms with Crippen molar-refractivity contribution in [2.75, 3.05) is 13.7 Å². The molecular weight excluding hydrogens is 202 g/mol. The molecule has 0 saturated heterocycles. The zero-order valence-electron chi connectivity index (χ0n) is 10.2. The number of furan rings is 1. The standard InChI is InChI=1S/C13H21NO2/c1-3-11-6-7-12(16-11)8-14-13(9-15-2)10-4-5-10/h6-7,10,13-14H,3-5,8-9H2,1-2H3. The van der Waals surface area contributed by atoms with Crippen LogP contribution in [0.1, 0.15) is 31.3 Å². The Morgan fingerprint density at radius 2 is 2.19 bits per heavy atom. The molecule has 1 atom stereocenters. The summed E-state index contributed by atoms with van der Waals surface area (Å²) in [4.78, 5) is 0. The van der Waals surface area contributed by atoms with Crippen LogP contribution < -0.4 is 5.32 Å². The maximum absolute atomic E-state index is 5.66. The van der Waals surface area contributed by atoms with Crippen LogP contribution in [0.4, 0.5) is 0 Å². The molecule has 1 saturated carbocycles. The molecule has 1 aliphatic rings. The van der Waals surface area contributed by atoms with Crippen LogP contribution in [0.15, 0.2) is 16.5 Å². The van der Waals surface area contributed by atoms with E-state index in [1.54, 1.807) is 7.11 Å². The predicted molar refractivity (Wildman–Crippen MR) is 63.3 cm³/mol. The van der Waals surface area contributed by atoms with Crippen molar-refractivity contribution in [3.05, 3.63) is 23.7 Å². The summed E-state index contributed by atoms with van der Waals surface area (Å²) >= 11 is 0. The first-order valence-electron chi connectivity index (χ1n) is 6.13. The number of ether oxygens (including phenoxy) is 1. The van der Waals surface area contributed by atoms with Gasteiger partial charge in [0.05, 0.1) is 13.2 Å². The lowest BCUT2D eigenvalue weighted by molar-refractivity contribution is 0.155. The molecule has 0 aromatic carbocycles. The number of hydrogen-bond acceptors (Lipinski definition) is 3. The quantitative estimate of drug-likeness (QED) is 0.770. The number of methoxy groups -OCH3 is 1. The Balaban J connectivity index is 1.80. The Morgan fingerprint density at radius 3 is 2.75 bits per heavy atom. The largest absolute Gasteiger partial charge is 0.465 e. The van der Waals surface area contributed by atoms with E-state index in [0.717, 1.165) is 37.0 Å². The number of rotatable bonds is 7. The molecule has 3 nitrogen and oxygen atoms in total. The van der Waals surface area contributed by atoms with Gasteiger partial charge in [0, 0.05) is 19.6 Å². The average Bonchev–Trinajstić information content (AvgIpc) is 3.03. The molecule has 1 fully saturated rings. The number of hydrogen-bond donors (Lipinski definition) is 1. The maximum atomic E-state index is 5.66. The third kappa shape index (κ3) is 3.09. The van der Waals surface area contributed by atoms with Crippen molar-refractivity contribution in [3.63, 3.8) is 0 Å². The minimum absolute atomic E-state index is 0.486. The second-order valence-corrected chi connectivity index (χ2v) is 4.50. The van der Waals surface area contributed by atoms with E-state index in [1.165, 1.54) is 12.8 Å². The first-order valence-corrected chi connectivity index (χ1v) is 6.13. The van der Waals surface area contributed by atoms with E-state index in [0.29, 0.717) is 6.04 Å². The van der Waals surface area contributed by atoms with Gasteiger partial charge in [0.2, 0.25) is 0 Å². The van der Waals surface area contributed by atoms with Gasteiger partial charge in [-0.05, 0) is 30.9 Å². The van der Waals surface area contributed by atoms with Crippen molar-refractivity contribution >= 4 is 0 Å². The molecular formula is C13H21NO2. The van der Waals surface area contributed by atoms with Crippen LogP contribution in [-0.4, -0.2) is 19.8 Å². The van der Waals surface area contributed by atoms with Gasteiger partial charge in [-0.25, -0.2) is 0 Å². The molecule has 0 aliphatic heterocycles. The highest BCUT2D eigenvalue weighted by Gasteiger charge is 2.30. The van der Waals surface area contributed by atoms with Crippen LogP contribution in [-0.2, 0) is 17.7 Å². The molecule has 1 heterocycles. The number of aryl methyl sites for hydroxylation is 1. The van der Waals surface area contributed by atoms with Crippen molar-refractivity contribution in [3.8, 4) is 0 Å². The zero-order chi connectivity index (χ0) is 11.4. The van der Waals surface area contributed by atoms with Gasteiger partial charge >= 0.3 is 0 Å². The molecule has 16 heavy (non-hydrogen) atoms. The normalized spacial score (nSPS) is 17.6. The third-order valence-corrected chi connectivity index (χ3v) is 3.14. The first kappa shape index (κ1) is 11.7. The Morgan fingerprint density at radius 1 is 1.44 bits per heavy atom. The van der Waals surface area contributed by atoms with Gasteiger partial charge < -0.3 is 14.5 Å². The average molecular weight is 223 g/mol. The van der Waals surface area contributed by atoms with Gasteiger partial charge in [0.1, 0.15) is 11.5 Å². The smallest absolute Gasteiger partial charge is 0.117 e. The van der Waals surface area contributed by atoms with Crippen LogP contribution in [0, 0.1) is 5.92 Å². The van der Waals surface area contributed by atoms with Crippen LogP contribution in [0.2, 0.25) is 0 Å². The molecule has 1 aromatic rings. The van der Waals surface area contributed by atoms with Gasteiger partial charge in [-0.2, -0.15) is 0 Å². The van der Waals surface area contributed by atoms with Crippen LogP contribution in [0.25, 0.3) is 0 Å². The van der Waals surface area contributed by atoms with Crippen LogP contribution >= 0.6 is 0 Å². The summed E-state index contributed by atoms with van der Waals surface area (Å²) in [5.41, 5.74) is 0. The van der Waals surface area contributed by atoms with E-state index in [9.17, 15) is 0 Å². The summed E-state index contributed by atoms with van der Waals surface area (Å²) in [5.74, 6) is 2.89. The van der Waals surface area contributed by atoms with Gasteiger partial charge in [-0.15, -0.1) is 0 Å². The lowest BCUT2D eigenvalue weighted by Gasteiger charge is -2.16. The fourth-order valence-corrected chi connectivity index (χ4v) is 1.98. The summed E-state index contributed by atoms with van der Waals surface area (Å²) < 4.78 is 10.9. The lowest BCUT2D eigenvalue weighted by Crippen LogP contribution is -2.34. The Bertz CT molecular complexity index is 317. The van der Waals surface area contributed by atoms with Gasteiger partial charge in [0.15, 0.2) is 0 Å². The zero-order valence-corrected chi connectivity index (χ0v) is 10.2. The Hall–Kier alpha value is -0.800. The van der Waals surface area contributed by atoms with Crippen molar-refractivity contribution in [2.24, 2.45) is 5.92 Å². The van der Waals surface area contributed by atoms with E-state index in [-0.39, 0.29) is 0 Å². The van der Waals surface area contributed by atoms with E-state index >= 15 is 0 Å². The van der Waals surface area contributed by atoms with Crippen LogP contribution in [0.3, 0.4) is 0 Å². The van der Waals surface area contributed by atoms with E-state index in [4.69, 9.17) is 9.15 Å². The molecule has 1 N–H and O–H groups in total. The Labute approximate surface area is 97.2 Å². The van der Waals surface area contributed by atoms with E-state index in [2.05, 4.69) is 24.4 Å². The lowest BCUT2D eigenvalue weighted by atomic mass is 10.2. The van der Waals surface area contributed by atoms with Crippen molar-refractivity contribution < 1.29 is 9.15 Å². The van der Waals surface area contributed by atoms with Crippen molar-refractivity contribution in [2.45, 2.75) is 38.8 Å². The van der Waals surface area contributed by atoms with Gasteiger partial charge in [-0.1, -0.05) is 6.92 Å². The fourth-order valence-electron chi connectivity index (χ4n) is 1.98. The molecule has 0 spiro atoms. The summed E-state index contributed by atoms with van der Waals surface area (Å²) in [6.07, 6.45) is 3.63. The predicted octanol–water partition coefficient (Wildman–Crippen LogP) is 2.36. The highest BCUT2D eigenvalue weighted by Crippen LogP contribution is 2.32. The molecule has 3 heteroatoms. The monoisotopic (exact) mass is 223 g/mol. The highest BCUT2D eigenvalue weighted by molar-refractivity contribution is 5.07. The fraction of sp³-hybridized carbons (Fsp3) is 0.692. The second-order valence-electron chi connectivity index (χ2n) is 4.50. The summed E-state index contributed by atoms with van der Waals surface area (Å²) in [7, 11) is 1.76. The van der Waals surface area contributed by atoms with Gasteiger partial charge in [-0.3, -0.25) is 0 Å². The number of nitrogens with one attached hydrogen (secondary N) is 1. The molecule has 1 aliphatic carbocycles. The van der Waals surface area contributed by atoms with Crippen molar-refractivity contribution in [1.29, 1.82) is 0 Å². The van der Waals surface area contributed by atoms with E-state index in [1.807, 2.05) is 0 Å². The van der Waals surface area contributed by atoms with E-state index < -0.39 is 0 Å². The topological polar surface area (TPSA) is 34.4 Å². The molecule has 2 rings (SSSR count). The minimum atomic E-state index is 0.486. The highest BCUT2D eigenvalue weighted by atomic mass is 16.5. The molecule has 0 radical (unpaired) electrons. The second kappa shape index (κ2) is 5.51. The van der Waals surface area contributed by atoms with Gasteiger partial charge in [0.25, 0.3) is 0 Å². The summed E-state index contributed by atoms with van der Waals surface area (Å²) in [6.45, 7) is 3.71. The molecule has 1 aromatic heterocycles. The van der Waals surface area contributed by atoms with Crippen LogP contribution in [0.5, 0.6) is 0 Å². The SMILES string of the molecule is CCc1ccc(CNC(COC)C2CC2)o1.